The zero-order valence-corrected chi connectivity index (χ0v) is 9.43. The first-order chi connectivity index (χ1) is 6.46. The van der Waals surface area contributed by atoms with E-state index in [0.717, 1.165) is 25.7 Å². The van der Waals surface area contributed by atoms with Crippen LogP contribution in [0.3, 0.4) is 0 Å². The molecular weight excluding hydrogens is 178 g/mol. The summed E-state index contributed by atoms with van der Waals surface area (Å²) >= 11 is 0. The summed E-state index contributed by atoms with van der Waals surface area (Å²) in [6.45, 7) is 4.89. The molecule has 0 aromatic heterocycles. The molecule has 14 heavy (non-hydrogen) atoms. The summed E-state index contributed by atoms with van der Waals surface area (Å²) in [6, 6.07) is 0. The molecule has 0 bridgehead atoms. The molecule has 0 atom stereocenters. The van der Waals surface area contributed by atoms with Crippen molar-refractivity contribution in [2.75, 3.05) is 13.7 Å². The lowest BCUT2D eigenvalue weighted by molar-refractivity contribution is -0.155. The molecule has 0 amide bonds. The molecule has 0 radical (unpaired) electrons. The molecule has 0 aromatic rings. The number of ether oxygens (including phenoxy) is 1. The number of nitrogens with two attached hydrogens (primary N) is 1. The average Bonchev–Trinajstić information content (AvgIpc) is 2.18. The van der Waals surface area contributed by atoms with Crippen molar-refractivity contribution in [1.29, 1.82) is 0 Å². The van der Waals surface area contributed by atoms with Crippen LogP contribution in [0, 0.1) is 10.8 Å². The number of rotatable bonds is 2. The Labute approximate surface area is 86.0 Å². The second kappa shape index (κ2) is 3.89. The quantitative estimate of drug-likeness (QED) is 0.689. The maximum absolute atomic E-state index is 11.6. The fraction of sp³-hybridized carbons (Fsp3) is 0.909. The van der Waals surface area contributed by atoms with Crippen LogP contribution in [0.2, 0.25) is 0 Å². The fourth-order valence-corrected chi connectivity index (χ4v) is 2.11. The van der Waals surface area contributed by atoms with E-state index in [1.54, 1.807) is 0 Å². The van der Waals surface area contributed by atoms with E-state index in [1.165, 1.54) is 7.11 Å². The van der Waals surface area contributed by atoms with E-state index in [1.807, 2.05) is 0 Å². The van der Waals surface area contributed by atoms with E-state index in [9.17, 15) is 4.79 Å². The van der Waals surface area contributed by atoms with E-state index in [-0.39, 0.29) is 5.97 Å². The van der Waals surface area contributed by atoms with Gasteiger partial charge in [-0.05, 0) is 31.1 Å². The maximum atomic E-state index is 11.6. The van der Waals surface area contributed by atoms with E-state index >= 15 is 0 Å². The van der Waals surface area contributed by atoms with Crippen LogP contribution in [0.5, 0.6) is 0 Å². The topological polar surface area (TPSA) is 52.3 Å². The molecule has 82 valence electrons. The fourth-order valence-electron chi connectivity index (χ4n) is 2.11. The van der Waals surface area contributed by atoms with Crippen LogP contribution < -0.4 is 5.73 Å². The highest BCUT2D eigenvalue weighted by molar-refractivity contribution is 5.77. The Morgan fingerprint density at radius 1 is 1.29 bits per heavy atom. The highest BCUT2D eigenvalue weighted by atomic mass is 16.5. The van der Waals surface area contributed by atoms with Gasteiger partial charge in [0.25, 0.3) is 0 Å². The van der Waals surface area contributed by atoms with Crippen molar-refractivity contribution in [2.45, 2.75) is 39.5 Å². The van der Waals surface area contributed by atoms with Crippen LogP contribution in [0.1, 0.15) is 39.5 Å². The summed E-state index contributed by atoms with van der Waals surface area (Å²) in [5.41, 5.74) is 5.66. The van der Waals surface area contributed by atoms with Crippen molar-refractivity contribution in [3.63, 3.8) is 0 Å². The molecule has 1 aliphatic carbocycles. The standard InChI is InChI=1S/C11H21NO2/c1-10(2)4-6-11(8-12,7-5-10)9(13)14-3/h4-8,12H2,1-3H3. The van der Waals surface area contributed by atoms with E-state index in [0.29, 0.717) is 12.0 Å². The predicted molar refractivity (Wildman–Crippen MR) is 55.8 cm³/mol. The summed E-state index contributed by atoms with van der Waals surface area (Å²) in [4.78, 5) is 11.6. The average molecular weight is 199 g/mol. The van der Waals surface area contributed by atoms with Gasteiger partial charge in [-0.1, -0.05) is 13.8 Å². The highest BCUT2D eigenvalue weighted by Crippen LogP contribution is 2.45. The lowest BCUT2D eigenvalue weighted by Gasteiger charge is -2.40. The summed E-state index contributed by atoms with van der Waals surface area (Å²) in [6.07, 6.45) is 3.84. The van der Waals surface area contributed by atoms with Gasteiger partial charge < -0.3 is 10.5 Å². The molecule has 1 saturated carbocycles. The molecule has 1 fully saturated rings. The van der Waals surface area contributed by atoms with Crippen molar-refractivity contribution in [3.8, 4) is 0 Å². The Morgan fingerprint density at radius 3 is 2.14 bits per heavy atom. The molecule has 3 nitrogen and oxygen atoms in total. The van der Waals surface area contributed by atoms with Gasteiger partial charge in [-0.25, -0.2) is 0 Å². The Balaban J connectivity index is 2.71. The minimum Gasteiger partial charge on any atom is -0.469 e. The van der Waals surface area contributed by atoms with Gasteiger partial charge in [-0.3, -0.25) is 4.79 Å². The minimum atomic E-state index is -0.399. The number of hydrogen-bond donors (Lipinski definition) is 1. The third kappa shape index (κ3) is 2.08. The van der Waals surface area contributed by atoms with Gasteiger partial charge >= 0.3 is 5.97 Å². The number of methoxy groups -OCH3 is 1. The number of carbonyl (C=O) groups is 1. The zero-order chi connectivity index (χ0) is 10.8. The number of carbonyl (C=O) groups excluding carboxylic acids is 1. The molecule has 1 rings (SSSR count). The molecule has 3 heteroatoms. The van der Waals surface area contributed by atoms with Gasteiger partial charge in [0.1, 0.15) is 0 Å². The van der Waals surface area contributed by atoms with Gasteiger partial charge in [-0.15, -0.1) is 0 Å². The summed E-state index contributed by atoms with van der Waals surface area (Å²) < 4.78 is 4.83. The van der Waals surface area contributed by atoms with E-state index < -0.39 is 5.41 Å². The Morgan fingerprint density at radius 2 is 1.79 bits per heavy atom. The van der Waals surface area contributed by atoms with Gasteiger partial charge in [0.2, 0.25) is 0 Å². The van der Waals surface area contributed by atoms with Crippen LogP contribution in [-0.2, 0) is 9.53 Å². The molecule has 0 spiro atoms. The lowest BCUT2D eigenvalue weighted by Crippen LogP contribution is -2.44. The van der Waals surface area contributed by atoms with Crippen molar-refractivity contribution < 1.29 is 9.53 Å². The predicted octanol–water partition coefficient (Wildman–Crippen LogP) is 1.70. The normalized spacial score (nSPS) is 24.3. The minimum absolute atomic E-state index is 0.129. The van der Waals surface area contributed by atoms with Crippen LogP contribution in [0.4, 0.5) is 0 Å². The van der Waals surface area contributed by atoms with E-state index in [4.69, 9.17) is 10.5 Å². The van der Waals surface area contributed by atoms with Crippen molar-refractivity contribution in [1.82, 2.24) is 0 Å². The molecule has 0 saturated heterocycles. The summed E-state index contributed by atoms with van der Waals surface area (Å²) in [7, 11) is 1.44. The Bertz CT molecular complexity index is 213. The van der Waals surface area contributed by atoms with Gasteiger partial charge in [0, 0.05) is 6.54 Å². The van der Waals surface area contributed by atoms with Gasteiger partial charge in [0.15, 0.2) is 0 Å². The first kappa shape index (κ1) is 11.5. The van der Waals surface area contributed by atoms with Crippen molar-refractivity contribution >= 4 is 5.97 Å². The van der Waals surface area contributed by atoms with E-state index in [2.05, 4.69) is 13.8 Å². The highest BCUT2D eigenvalue weighted by Gasteiger charge is 2.43. The van der Waals surface area contributed by atoms with Crippen LogP contribution in [0.25, 0.3) is 0 Å². The van der Waals surface area contributed by atoms with Crippen LogP contribution in [-0.4, -0.2) is 19.6 Å². The molecule has 0 aliphatic heterocycles. The third-order valence-corrected chi connectivity index (χ3v) is 3.57. The molecule has 1 aliphatic rings. The van der Waals surface area contributed by atoms with Gasteiger partial charge in [0.05, 0.1) is 12.5 Å². The number of esters is 1. The SMILES string of the molecule is COC(=O)C1(CN)CCC(C)(C)CC1. The van der Waals surface area contributed by atoms with Crippen molar-refractivity contribution in [2.24, 2.45) is 16.6 Å². The van der Waals surface area contributed by atoms with Crippen LogP contribution in [0.15, 0.2) is 0 Å². The van der Waals surface area contributed by atoms with Crippen molar-refractivity contribution in [3.05, 3.63) is 0 Å². The molecular formula is C11H21NO2. The Hall–Kier alpha value is -0.570. The Kier molecular flexibility index (Phi) is 3.20. The third-order valence-electron chi connectivity index (χ3n) is 3.57. The largest absolute Gasteiger partial charge is 0.469 e. The smallest absolute Gasteiger partial charge is 0.313 e. The zero-order valence-electron chi connectivity index (χ0n) is 9.43. The molecule has 0 aromatic carbocycles. The second-order valence-corrected chi connectivity index (χ2v) is 5.14. The van der Waals surface area contributed by atoms with Gasteiger partial charge in [-0.2, -0.15) is 0 Å². The monoisotopic (exact) mass is 199 g/mol. The first-order valence-electron chi connectivity index (χ1n) is 5.24. The lowest BCUT2D eigenvalue weighted by atomic mass is 9.65. The van der Waals surface area contributed by atoms with Crippen LogP contribution >= 0.6 is 0 Å². The molecule has 0 unspecified atom stereocenters. The molecule has 2 N–H and O–H groups in total. The summed E-state index contributed by atoms with van der Waals surface area (Å²) in [5.74, 6) is -0.129. The molecule has 0 heterocycles. The number of hydrogen-bond acceptors (Lipinski definition) is 3. The summed E-state index contributed by atoms with van der Waals surface area (Å²) in [5, 5.41) is 0. The second-order valence-electron chi connectivity index (χ2n) is 5.14. The maximum Gasteiger partial charge on any atom is 0.313 e. The first-order valence-corrected chi connectivity index (χ1v) is 5.24.